The molecule has 0 spiro atoms. The van der Waals surface area contributed by atoms with Gasteiger partial charge in [-0.05, 0) is 28.8 Å². The van der Waals surface area contributed by atoms with E-state index >= 15 is 0 Å². The van der Waals surface area contributed by atoms with Gasteiger partial charge >= 0.3 is 5.97 Å². The monoisotopic (exact) mass is 389 g/mol. The highest BCUT2D eigenvalue weighted by Gasteiger charge is 2.23. The fourth-order valence-corrected chi connectivity index (χ4v) is 2.92. The summed E-state index contributed by atoms with van der Waals surface area (Å²) in [5.41, 5.74) is 2.55. The number of hydrogen-bond donors (Lipinski definition) is 2. The Kier molecular flexibility index (Phi) is 7.00. The summed E-state index contributed by atoms with van der Waals surface area (Å²) in [4.78, 5) is 25.2. The number of rotatable bonds is 8. The maximum absolute atomic E-state index is 12.7. The minimum absolute atomic E-state index is 0.139. The molecule has 0 aromatic heterocycles. The average Bonchev–Trinajstić information content (AvgIpc) is 2.74. The largest absolute Gasteiger partial charge is 0.508 e. The minimum Gasteiger partial charge on any atom is -0.508 e. The van der Waals surface area contributed by atoms with E-state index in [9.17, 15) is 14.7 Å². The second kappa shape index (κ2) is 10.1. The van der Waals surface area contributed by atoms with Crippen molar-refractivity contribution in [3.63, 3.8) is 0 Å². The van der Waals surface area contributed by atoms with E-state index in [1.165, 1.54) is 0 Å². The normalized spacial score (nSPS) is 11.4. The summed E-state index contributed by atoms with van der Waals surface area (Å²) in [5, 5.41) is 12.2. The number of nitrogens with one attached hydrogen (secondary N) is 1. The van der Waals surface area contributed by atoms with E-state index in [4.69, 9.17) is 4.74 Å². The summed E-state index contributed by atoms with van der Waals surface area (Å²) >= 11 is 0. The van der Waals surface area contributed by atoms with Crippen LogP contribution in [0.25, 0.3) is 0 Å². The summed E-state index contributed by atoms with van der Waals surface area (Å²) < 4.78 is 5.43. The third-order valence-corrected chi connectivity index (χ3v) is 4.43. The highest BCUT2D eigenvalue weighted by Crippen LogP contribution is 2.13. The van der Waals surface area contributed by atoms with Crippen LogP contribution in [0.2, 0.25) is 0 Å². The lowest BCUT2D eigenvalue weighted by Gasteiger charge is -2.18. The zero-order chi connectivity index (χ0) is 20.5. The maximum atomic E-state index is 12.7. The molecule has 1 amide bonds. The van der Waals surface area contributed by atoms with Crippen LogP contribution in [0.4, 0.5) is 0 Å². The van der Waals surface area contributed by atoms with Crippen molar-refractivity contribution in [3.8, 4) is 5.75 Å². The van der Waals surface area contributed by atoms with E-state index in [1.54, 1.807) is 24.3 Å². The van der Waals surface area contributed by atoms with Crippen molar-refractivity contribution in [3.05, 3.63) is 102 Å². The van der Waals surface area contributed by atoms with Gasteiger partial charge in [0.15, 0.2) is 0 Å². The van der Waals surface area contributed by atoms with Gasteiger partial charge in [-0.2, -0.15) is 0 Å². The first-order valence-electron chi connectivity index (χ1n) is 9.42. The molecule has 3 rings (SSSR count). The second-order valence-electron chi connectivity index (χ2n) is 6.75. The van der Waals surface area contributed by atoms with Crippen LogP contribution in [-0.4, -0.2) is 23.0 Å². The third-order valence-electron chi connectivity index (χ3n) is 4.43. The van der Waals surface area contributed by atoms with Crippen molar-refractivity contribution in [2.75, 3.05) is 0 Å². The van der Waals surface area contributed by atoms with E-state index in [0.717, 1.165) is 16.7 Å². The Morgan fingerprint density at radius 3 is 2.00 bits per heavy atom. The van der Waals surface area contributed by atoms with Gasteiger partial charge < -0.3 is 15.2 Å². The molecule has 0 aliphatic rings. The van der Waals surface area contributed by atoms with Gasteiger partial charge in [0.25, 0.3) is 0 Å². The molecular weight excluding hydrogens is 366 g/mol. The van der Waals surface area contributed by atoms with Gasteiger partial charge in [0.1, 0.15) is 18.4 Å². The molecule has 0 aliphatic carbocycles. The zero-order valence-corrected chi connectivity index (χ0v) is 16.0. The molecule has 0 aliphatic heterocycles. The molecule has 5 heteroatoms. The van der Waals surface area contributed by atoms with E-state index in [2.05, 4.69) is 5.32 Å². The Morgan fingerprint density at radius 2 is 1.38 bits per heavy atom. The van der Waals surface area contributed by atoms with Gasteiger partial charge in [-0.25, -0.2) is 4.79 Å². The van der Waals surface area contributed by atoms with Crippen LogP contribution in [0.5, 0.6) is 5.75 Å². The summed E-state index contributed by atoms with van der Waals surface area (Å²) in [6.07, 6.45) is 0.452. The Labute approximate surface area is 170 Å². The molecule has 0 heterocycles. The van der Waals surface area contributed by atoms with Gasteiger partial charge in [0.2, 0.25) is 5.91 Å². The first-order valence-corrected chi connectivity index (χ1v) is 9.42. The van der Waals surface area contributed by atoms with Gasteiger partial charge in [-0.15, -0.1) is 0 Å². The summed E-state index contributed by atoms with van der Waals surface area (Å²) in [6, 6.07) is 24.4. The van der Waals surface area contributed by atoms with Crippen molar-refractivity contribution < 1.29 is 19.4 Å². The number of carbonyl (C=O) groups excluding carboxylic acids is 2. The molecule has 0 bridgehead atoms. The summed E-state index contributed by atoms with van der Waals surface area (Å²) in [6.45, 7) is 0.139. The Hall–Kier alpha value is -3.60. The van der Waals surface area contributed by atoms with Gasteiger partial charge in [0, 0.05) is 6.42 Å². The van der Waals surface area contributed by atoms with Crippen molar-refractivity contribution in [2.45, 2.75) is 25.5 Å². The number of aromatic hydroxyl groups is 1. The first kappa shape index (κ1) is 20.1. The highest BCUT2D eigenvalue weighted by molar-refractivity contribution is 5.85. The van der Waals surface area contributed by atoms with Crippen LogP contribution in [0.15, 0.2) is 84.9 Å². The number of phenolic OH excluding ortho intramolecular Hbond substituents is 1. The van der Waals surface area contributed by atoms with Crippen molar-refractivity contribution >= 4 is 11.9 Å². The Morgan fingerprint density at radius 1 is 0.793 bits per heavy atom. The number of esters is 1. The predicted molar refractivity (Wildman–Crippen MR) is 110 cm³/mol. The topological polar surface area (TPSA) is 75.6 Å². The van der Waals surface area contributed by atoms with Crippen molar-refractivity contribution in [1.82, 2.24) is 5.32 Å². The first-order chi connectivity index (χ1) is 14.1. The van der Waals surface area contributed by atoms with Gasteiger partial charge in [0.05, 0.1) is 6.42 Å². The number of benzene rings is 3. The number of carbonyl (C=O) groups is 2. The molecule has 29 heavy (non-hydrogen) atoms. The van der Waals surface area contributed by atoms with Crippen molar-refractivity contribution in [2.24, 2.45) is 0 Å². The van der Waals surface area contributed by atoms with Crippen LogP contribution in [-0.2, 0) is 33.8 Å². The van der Waals surface area contributed by atoms with E-state index in [0.29, 0.717) is 0 Å². The molecule has 3 aromatic rings. The molecule has 0 radical (unpaired) electrons. The quantitative estimate of drug-likeness (QED) is 0.579. The fraction of sp³-hybridized carbons (Fsp3) is 0.167. The molecule has 3 aromatic carbocycles. The third kappa shape index (κ3) is 6.50. The van der Waals surface area contributed by atoms with Crippen LogP contribution in [0.1, 0.15) is 16.7 Å². The number of hydrogen-bond acceptors (Lipinski definition) is 4. The van der Waals surface area contributed by atoms with Crippen molar-refractivity contribution in [1.29, 1.82) is 0 Å². The lowest BCUT2D eigenvalue weighted by atomic mass is 10.0. The minimum atomic E-state index is -0.820. The second-order valence-corrected chi connectivity index (χ2v) is 6.75. The molecule has 0 saturated heterocycles. The van der Waals surface area contributed by atoms with Crippen LogP contribution >= 0.6 is 0 Å². The summed E-state index contributed by atoms with van der Waals surface area (Å²) in [5.74, 6) is -0.606. The average molecular weight is 389 g/mol. The smallest absolute Gasteiger partial charge is 0.329 e. The van der Waals surface area contributed by atoms with E-state index in [-0.39, 0.29) is 31.1 Å². The van der Waals surface area contributed by atoms with Crippen LogP contribution in [0, 0.1) is 0 Å². The Balaban J connectivity index is 1.67. The molecule has 1 atom stereocenters. The fourth-order valence-electron chi connectivity index (χ4n) is 2.92. The molecular formula is C24H23NO4. The highest BCUT2D eigenvalue weighted by atomic mass is 16.5. The number of phenols is 1. The zero-order valence-electron chi connectivity index (χ0n) is 16.0. The standard InChI is InChI=1S/C24H23NO4/c26-21-13-11-19(12-14-21)15-22(24(28)29-17-20-9-5-2-6-10-20)25-23(27)16-18-7-3-1-4-8-18/h1-14,22,26H,15-17H2,(H,25,27)/t22-/m0/s1. The lowest BCUT2D eigenvalue weighted by molar-refractivity contribution is -0.149. The maximum Gasteiger partial charge on any atom is 0.329 e. The number of ether oxygens (including phenoxy) is 1. The predicted octanol–water partition coefficient (Wildman–Crippen LogP) is 3.41. The van der Waals surface area contributed by atoms with Crippen LogP contribution < -0.4 is 5.32 Å². The van der Waals surface area contributed by atoms with Crippen LogP contribution in [0.3, 0.4) is 0 Å². The van der Waals surface area contributed by atoms with Gasteiger partial charge in [-0.3, -0.25) is 4.79 Å². The Bertz CT molecular complexity index is 924. The van der Waals surface area contributed by atoms with Gasteiger partial charge in [-0.1, -0.05) is 72.8 Å². The van der Waals surface area contributed by atoms with E-state index < -0.39 is 12.0 Å². The summed E-state index contributed by atoms with van der Waals surface area (Å²) in [7, 11) is 0. The molecule has 5 nitrogen and oxygen atoms in total. The van der Waals surface area contributed by atoms with E-state index in [1.807, 2.05) is 60.7 Å². The molecule has 2 N–H and O–H groups in total. The molecule has 148 valence electrons. The SMILES string of the molecule is O=C(Cc1ccccc1)N[C@@H](Cc1ccc(O)cc1)C(=O)OCc1ccccc1. The number of amides is 1. The molecule has 0 fully saturated rings. The lowest BCUT2D eigenvalue weighted by Crippen LogP contribution is -2.44. The molecule has 0 unspecified atom stereocenters. The molecule has 0 saturated carbocycles.